The van der Waals surface area contributed by atoms with E-state index in [1.54, 1.807) is 12.2 Å². The molecule has 0 N–H and O–H groups in total. The van der Waals surface area contributed by atoms with Crippen LogP contribution < -0.4 is 0 Å². The Hall–Kier alpha value is -1.05. The number of hydrogen-bond acceptors (Lipinski definition) is 1. The van der Waals surface area contributed by atoms with Gasteiger partial charge < -0.3 is 4.74 Å². The van der Waals surface area contributed by atoms with E-state index in [-0.39, 0.29) is 12.3 Å². The van der Waals surface area contributed by atoms with Crippen LogP contribution in [0.4, 0.5) is 30.7 Å². The number of unbranched alkanes of at least 4 members (excludes halogenated alkanes) is 2. The van der Waals surface area contributed by atoms with Gasteiger partial charge in [0.05, 0.1) is 6.10 Å². The largest absolute Gasteiger partial charge is 0.426 e. The van der Waals surface area contributed by atoms with Crippen molar-refractivity contribution in [2.45, 2.75) is 114 Å². The lowest BCUT2D eigenvalue weighted by molar-refractivity contribution is -0.405. The standard InChI is InChI=1S/C27H39F7O/c1-2-3-4-5-19-6-8-20(9-7-19)21-10-12-22(13-11-21)23-14-16-24(17-15-23)35-27(33,34)26(31,32)25(29,30)18-28/h14-16,19-22,24H,2-13,17-18H2,1H3. The predicted molar refractivity (Wildman–Crippen MR) is 123 cm³/mol. The topological polar surface area (TPSA) is 9.23 Å². The fraction of sp³-hybridized carbons (Fsp3) is 0.852. The zero-order valence-electron chi connectivity index (χ0n) is 20.6. The van der Waals surface area contributed by atoms with E-state index in [0.717, 1.165) is 49.0 Å². The zero-order valence-corrected chi connectivity index (χ0v) is 20.6. The maximum atomic E-state index is 13.8. The Kier molecular flexibility index (Phi) is 9.78. The number of halogens is 7. The molecule has 1 unspecified atom stereocenters. The quantitative estimate of drug-likeness (QED) is 0.198. The molecule has 0 aromatic rings. The van der Waals surface area contributed by atoms with Crippen LogP contribution >= 0.6 is 0 Å². The van der Waals surface area contributed by atoms with Gasteiger partial charge in [-0.1, -0.05) is 63.7 Å². The van der Waals surface area contributed by atoms with Gasteiger partial charge in [0.1, 0.15) is 0 Å². The Morgan fingerprint density at radius 3 is 1.97 bits per heavy atom. The first-order valence-corrected chi connectivity index (χ1v) is 13.3. The van der Waals surface area contributed by atoms with Crippen molar-refractivity contribution in [3.63, 3.8) is 0 Å². The SMILES string of the molecule is CCCCCC1CCC(C2CCC(C3=CCC(OC(F)(F)C(F)(F)C(F)(F)CF)C=C3)CC2)CC1. The summed E-state index contributed by atoms with van der Waals surface area (Å²) >= 11 is 0. The molecule has 202 valence electrons. The average molecular weight is 513 g/mol. The summed E-state index contributed by atoms with van der Waals surface area (Å²) in [5.41, 5.74) is 0.965. The van der Waals surface area contributed by atoms with Crippen molar-refractivity contribution in [3.8, 4) is 0 Å². The van der Waals surface area contributed by atoms with Crippen LogP contribution in [-0.2, 0) is 4.74 Å². The van der Waals surface area contributed by atoms with Gasteiger partial charge in [0, 0.05) is 0 Å². The Morgan fingerprint density at radius 2 is 1.46 bits per heavy atom. The third-order valence-corrected chi connectivity index (χ3v) is 8.40. The summed E-state index contributed by atoms with van der Waals surface area (Å²) in [6.45, 7) is -0.661. The summed E-state index contributed by atoms with van der Waals surface area (Å²) in [5.74, 6) is -8.77. The van der Waals surface area contributed by atoms with E-state index in [0.29, 0.717) is 0 Å². The fourth-order valence-corrected chi connectivity index (χ4v) is 6.12. The first kappa shape index (κ1) is 28.5. The third-order valence-electron chi connectivity index (χ3n) is 8.40. The molecule has 0 saturated heterocycles. The highest BCUT2D eigenvalue weighted by molar-refractivity contribution is 5.27. The molecule has 3 aliphatic carbocycles. The molecule has 2 fully saturated rings. The van der Waals surface area contributed by atoms with Gasteiger partial charge in [-0.15, -0.1) is 0 Å². The van der Waals surface area contributed by atoms with Crippen molar-refractivity contribution < 1.29 is 35.5 Å². The zero-order chi connectivity index (χ0) is 25.7. The molecule has 0 aliphatic heterocycles. The molecule has 0 bridgehead atoms. The lowest BCUT2D eigenvalue weighted by atomic mass is 9.67. The molecule has 8 heteroatoms. The van der Waals surface area contributed by atoms with Gasteiger partial charge in [-0.2, -0.15) is 26.3 Å². The molecular weight excluding hydrogens is 473 g/mol. The van der Waals surface area contributed by atoms with Crippen molar-refractivity contribution >= 4 is 0 Å². The van der Waals surface area contributed by atoms with E-state index < -0.39 is 30.7 Å². The molecule has 1 nitrogen and oxygen atoms in total. The van der Waals surface area contributed by atoms with Gasteiger partial charge in [-0.3, -0.25) is 0 Å². The molecule has 2 saturated carbocycles. The smallest absolute Gasteiger partial charge is 0.308 e. The van der Waals surface area contributed by atoms with Gasteiger partial charge in [0.25, 0.3) is 0 Å². The fourth-order valence-electron chi connectivity index (χ4n) is 6.12. The molecule has 3 aliphatic rings. The molecule has 0 amide bonds. The van der Waals surface area contributed by atoms with E-state index in [1.165, 1.54) is 57.4 Å². The summed E-state index contributed by atoms with van der Waals surface area (Å²) in [6, 6.07) is 0. The maximum absolute atomic E-state index is 13.8. The van der Waals surface area contributed by atoms with E-state index >= 15 is 0 Å². The molecule has 0 heterocycles. The highest BCUT2D eigenvalue weighted by atomic mass is 19.4. The van der Waals surface area contributed by atoms with Gasteiger partial charge in [0.15, 0.2) is 6.67 Å². The molecule has 0 aromatic heterocycles. The van der Waals surface area contributed by atoms with Gasteiger partial charge in [0.2, 0.25) is 0 Å². The summed E-state index contributed by atoms with van der Waals surface area (Å²) in [6.07, 6.45) is 12.3. The molecule has 3 rings (SSSR count). The number of rotatable bonds is 11. The van der Waals surface area contributed by atoms with E-state index in [9.17, 15) is 30.7 Å². The second kappa shape index (κ2) is 12.0. The van der Waals surface area contributed by atoms with E-state index in [1.807, 2.05) is 0 Å². The molecular formula is C27H39F7O. The molecule has 0 radical (unpaired) electrons. The average Bonchev–Trinajstić information content (AvgIpc) is 2.85. The van der Waals surface area contributed by atoms with Crippen LogP contribution in [0.5, 0.6) is 0 Å². The van der Waals surface area contributed by atoms with Gasteiger partial charge in [-0.25, -0.2) is 4.39 Å². The van der Waals surface area contributed by atoms with Crippen molar-refractivity contribution in [3.05, 3.63) is 23.8 Å². The van der Waals surface area contributed by atoms with Gasteiger partial charge in [-0.05, 0) is 74.2 Å². The number of allylic oxidation sites excluding steroid dienone is 2. The van der Waals surface area contributed by atoms with Crippen molar-refractivity contribution in [1.29, 1.82) is 0 Å². The lowest BCUT2D eigenvalue weighted by Crippen LogP contribution is -2.57. The maximum Gasteiger partial charge on any atom is 0.426 e. The Labute approximate surface area is 204 Å². The second-order valence-electron chi connectivity index (χ2n) is 10.8. The van der Waals surface area contributed by atoms with E-state index in [4.69, 9.17) is 0 Å². The summed E-state index contributed by atoms with van der Waals surface area (Å²) in [4.78, 5) is 0. The molecule has 35 heavy (non-hydrogen) atoms. The van der Waals surface area contributed by atoms with E-state index in [2.05, 4.69) is 11.7 Å². The Balaban J connectivity index is 1.43. The van der Waals surface area contributed by atoms with Crippen molar-refractivity contribution in [2.75, 3.05) is 6.67 Å². The second-order valence-corrected chi connectivity index (χ2v) is 10.8. The Bertz CT molecular complexity index is 717. The minimum absolute atomic E-state index is 0.110. The molecule has 0 aromatic carbocycles. The monoisotopic (exact) mass is 512 g/mol. The minimum Gasteiger partial charge on any atom is -0.308 e. The van der Waals surface area contributed by atoms with Gasteiger partial charge >= 0.3 is 18.0 Å². The van der Waals surface area contributed by atoms with Crippen LogP contribution in [0.15, 0.2) is 23.8 Å². The Morgan fingerprint density at radius 1 is 0.857 bits per heavy atom. The van der Waals surface area contributed by atoms with Crippen LogP contribution in [0, 0.1) is 23.7 Å². The van der Waals surface area contributed by atoms with Crippen LogP contribution in [0.1, 0.15) is 90.4 Å². The van der Waals surface area contributed by atoms with Crippen LogP contribution in [-0.4, -0.2) is 30.7 Å². The molecule has 0 spiro atoms. The first-order chi connectivity index (χ1) is 16.5. The van der Waals surface area contributed by atoms with Crippen LogP contribution in [0.2, 0.25) is 0 Å². The van der Waals surface area contributed by atoms with Crippen LogP contribution in [0.25, 0.3) is 0 Å². The highest BCUT2D eigenvalue weighted by Gasteiger charge is 2.73. The lowest BCUT2D eigenvalue weighted by Gasteiger charge is -2.38. The first-order valence-electron chi connectivity index (χ1n) is 13.3. The summed E-state index contributed by atoms with van der Waals surface area (Å²) in [5, 5.41) is 0. The number of alkyl halides is 7. The normalized spacial score (nSPS) is 30.9. The number of hydrogen-bond donors (Lipinski definition) is 0. The third kappa shape index (κ3) is 6.84. The van der Waals surface area contributed by atoms with Crippen molar-refractivity contribution in [2.24, 2.45) is 23.7 Å². The summed E-state index contributed by atoms with van der Waals surface area (Å²) in [7, 11) is 0. The predicted octanol–water partition coefficient (Wildman–Crippen LogP) is 9.28. The number of ether oxygens (including phenoxy) is 1. The summed E-state index contributed by atoms with van der Waals surface area (Å²) < 4.78 is 96.8. The minimum atomic E-state index is -5.94. The van der Waals surface area contributed by atoms with Crippen LogP contribution in [0.3, 0.4) is 0 Å². The van der Waals surface area contributed by atoms with Crippen molar-refractivity contribution in [1.82, 2.24) is 0 Å². The molecule has 1 atom stereocenters. The highest BCUT2D eigenvalue weighted by Crippen LogP contribution is 2.48.